The van der Waals surface area contributed by atoms with Crippen LogP contribution in [0.4, 0.5) is 0 Å². The van der Waals surface area contributed by atoms with E-state index < -0.39 is 15.6 Å². The highest BCUT2D eigenvalue weighted by Crippen LogP contribution is 2.38. The van der Waals surface area contributed by atoms with Crippen molar-refractivity contribution in [2.75, 3.05) is 19.6 Å². The van der Waals surface area contributed by atoms with Gasteiger partial charge in [-0.25, -0.2) is 8.42 Å². The summed E-state index contributed by atoms with van der Waals surface area (Å²) in [5.41, 5.74) is 8.56. The Hall–Kier alpha value is -2.19. The Morgan fingerprint density at radius 2 is 1.77 bits per heavy atom. The van der Waals surface area contributed by atoms with Crippen LogP contribution in [-0.4, -0.2) is 42.5 Å². The molecule has 3 heterocycles. The van der Waals surface area contributed by atoms with Crippen LogP contribution in [-0.2, 0) is 16.6 Å². The summed E-state index contributed by atoms with van der Waals surface area (Å²) < 4.78 is 30.5. The van der Waals surface area contributed by atoms with Gasteiger partial charge < -0.3 is 4.57 Å². The highest BCUT2D eigenvalue weighted by atomic mass is 32.2. The van der Waals surface area contributed by atoms with Gasteiger partial charge in [-0.3, -0.25) is 10.9 Å². The number of hydrogen-bond donors (Lipinski definition) is 2. The smallest absolute Gasteiger partial charge is 0.243 e. The molecule has 164 valence electrons. The Bertz CT molecular complexity index is 1180. The molecule has 0 spiro atoms. The minimum atomic E-state index is -3.50. The van der Waals surface area contributed by atoms with E-state index in [0.29, 0.717) is 17.4 Å². The molecule has 6 nitrogen and oxygen atoms in total. The zero-order valence-corrected chi connectivity index (χ0v) is 18.9. The number of hydrogen-bond acceptors (Lipinski definition) is 4. The lowest BCUT2D eigenvalue weighted by Gasteiger charge is -2.30. The van der Waals surface area contributed by atoms with Crippen molar-refractivity contribution >= 4 is 20.9 Å². The number of rotatable bonds is 5. The third-order valence-electron chi connectivity index (χ3n) is 6.76. The molecule has 2 aliphatic rings. The predicted molar refractivity (Wildman–Crippen MR) is 123 cm³/mol. The fourth-order valence-corrected chi connectivity index (χ4v) is 7.12. The zero-order valence-electron chi connectivity index (χ0n) is 18.1. The van der Waals surface area contributed by atoms with Crippen LogP contribution in [0.1, 0.15) is 31.7 Å². The van der Waals surface area contributed by atoms with Gasteiger partial charge in [-0.15, -0.1) is 0 Å². The standard InChI is InChI=1S/C24H30N4O2S/c1-24(2)13-18(17-28(24)31(29,30)22-6-4-3-5-7-22)16-27-11-10-20-12-19(8-9-23(20)27)21-14-25-26-15-21/h3-12,18,21,25-26H,13-17H2,1-2H3. The van der Waals surface area contributed by atoms with E-state index in [-0.39, 0.29) is 5.92 Å². The lowest BCUT2D eigenvalue weighted by molar-refractivity contribution is 0.291. The van der Waals surface area contributed by atoms with Crippen LogP contribution in [0.2, 0.25) is 0 Å². The second kappa shape index (κ2) is 7.74. The van der Waals surface area contributed by atoms with Gasteiger partial charge in [0.15, 0.2) is 0 Å². The summed E-state index contributed by atoms with van der Waals surface area (Å²) in [6, 6.07) is 17.7. The van der Waals surface area contributed by atoms with E-state index in [2.05, 4.69) is 45.9 Å². The number of sulfonamides is 1. The van der Waals surface area contributed by atoms with E-state index in [9.17, 15) is 8.42 Å². The van der Waals surface area contributed by atoms with Gasteiger partial charge in [0.25, 0.3) is 0 Å². The molecule has 1 unspecified atom stereocenters. The van der Waals surface area contributed by atoms with Crippen molar-refractivity contribution in [3.05, 3.63) is 66.4 Å². The van der Waals surface area contributed by atoms with Crippen molar-refractivity contribution in [2.45, 2.75) is 43.2 Å². The van der Waals surface area contributed by atoms with E-state index in [1.807, 2.05) is 19.9 Å². The summed E-state index contributed by atoms with van der Waals surface area (Å²) >= 11 is 0. The Morgan fingerprint density at radius 1 is 1.03 bits per heavy atom. The van der Waals surface area contributed by atoms with Crippen LogP contribution < -0.4 is 10.9 Å². The Labute approximate surface area is 184 Å². The van der Waals surface area contributed by atoms with Crippen molar-refractivity contribution < 1.29 is 8.42 Å². The highest BCUT2D eigenvalue weighted by Gasteiger charge is 2.45. The quantitative estimate of drug-likeness (QED) is 0.641. The van der Waals surface area contributed by atoms with Gasteiger partial charge in [-0.2, -0.15) is 4.31 Å². The van der Waals surface area contributed by atoms with Crippen LogP contribution in [0.25, 0.3) is 10.9 Å². The lowest BCUT2D eigenvalue weighted by Crippen LogP contribution is -2.42. The van der Waals surface area contributed by atoms with Crippen LogP contribution >= 0.6 is 0 Å². The van der Waals surface area contributed by atoms with Crippen LogP contribution in [0.5, 0.6) is 0 Å². The van der Waals surface area contributed by atoms with Gasteiger partial charge in [0.2, 0.25) is 10.0 Å². The molecule has 3 aromatic rings. The first kappa shape index (κ1) is 20.7. The highest BCUT2D eigenvalue weighted by molar-refractivity contribution is 7.89. The summed E-state index contributed by atoms with van der Waals surface area (Å²) in [5, 5.41) is 1.25. The van der Waals surface area contributed by atoms with Gasteiger partial charge in [0.05, 0.1) is 4.90 Å². The number of nitrogens with one attached hydrogen (secondary N) is 2. The molecule has 0 aliphatic carbocycles. The molecule has 7 heteroatoms. The molecule has 5 rings (SSSR count). The van der Waals surface area contributed by atoms with Gasteiger partial charge in [-0.1, -0.05) is 24.3 Å². The summed E-state index contributed by atoms with van der Waals surface area (Å²) in [7, 11) is -3.50. The molecule has 2 saturated heterocycles. The predicted octanol–water partition coefficient (Wildman–Crippen LogP) is 3.32. The van der Waals surface area contributed by atoms with Crippen molar-refractivity contribution in [2.24, 2.45) is 5.92 Å². The Kier molecular flexibility index (Phi) is 5.17. The molecule has 0 amide bonds. The van der Waals surface area contributed by atoms with Crippen LogP contribution in [0.3, 0.4) is 0 Å². The molecular weight excluding hydrogens is 408 g/mol. The average Bonchev–Trinajstić information content (AvgIpc) is 3.48. The molecular formula is C24H30N4O2S. The van der Waals surface area contributed by atoms with E-state index >= 15 is 0 Å². The summed E-state index contributed by atoms with van der Waals surface area (Å²) in [6.07, 6.45) is 2.98. The minimum absolute atomic E-state index is 0.270. The maximum absolute atomic E-state index is 13.3. The first-order chi connectivity index (χ1) is 14.8. The minimum Gasteiger partial charge on any atom is -0.347 e. The molecule has 2 aliphatic heterocycles. The van der Waals surface area contributed by atoms with Crippen LogP contribution in [0, 0.1) is 5.92 Å². The van der Waals surface area contributed by atoms with Gasteiger partial charge in [0.1, 0.15) is 0 Å². The molecule has 1 aromatic heterocycles. The molecule has 31 heavy (non-hydrogen) atoms. The molecule has 1 atom stereocenters. The van der Waals surface area contributed by atoms with E-state index in [0.717, 1.165) is 26.1 Å². The van der Waals surface area contributed by atoms with Crippen molar-refractivity contribution in [3.8, 4) is 0 Å². The van der Waals surface area contributed by atoms with E-state index in [4.69, 9.17) is 0 Å². The topological polar surface area (TPSA) is 66.4 Å². The maximum Gasteiger partial charge on any atom is 0.243 e. The van der Waals surface area contributed by atoms with Crippen LogP contribution in [0.15, 0.2) is 65.7 Å². The van der Waals surface area contributed by atoms with Gasteiger partial charge in [0, 0.05) is 49.3 Å². The average molecular weight is 439 g/mol. The number of nitrogens with zero attached hydrogens (tertiary/aromatic N) is 2. The summed E-state index contributed by atoms with van der Waals surface area (Å²) in [6.45, 7) is 7.35. The van der Waals surface area contributed by atoms with Gasteiger partial charge >= 0.3 is 0 Å². The van der Waals surface area contributed by atoms with Crippen molar-refractivity contribution in [1.29, 1.82) is 0 Å². The fourth-order valence-electron chi connectivity index (χ4n) is 5.23. The second-order valence-electron chi connectivity index (χ2n) is 9.48. The summed E-state index contributed by atoms with van der Waals surface area (Å²) in [4.78, 5) is 0.374. The van der Waals surface area contributed by atoms with E-state index in [1.54, 1.807) is 28.6 Å². The summed E-state index contributed by atoms with van der Waals surface area (Å²) in [5.74, 6) is 0.770. The van der Waals surface area contributed by atoms with E-state index in [1.165, 1.54) is 16.5 Å². The normalized spacial score (nSPS) is 22.5. The zero-order chi connectivity index (χ0) is 21.6. The molecule has 0 bridgehead atoms. The molecule has 2 fully saturated rings. The first-order valence-corrected chi connectivity index (χ1v) is 12.4. The number of benzene rings is 2. The maximum atomic E-state index is 13.3. The number of aromatic nitrogens is 1. The monoisotopic (exact) mass is 438 g/mol. The fraction of sp³-hybridized carbons (Fsp3) is 0.417. The number of hydrazine groups is 1. The largest absolute Gasteiger partial charge is 0.347 e. The van der Waals surface area contributed by atoms with Gasteiger partial charge in [-0.05, 0) is 67.5 Å². The molecule has 0 radical (unpaired) electrons. The second-order valence-corrected chi connectivity index (χ2v) is 11.3. The molecule has 2 N–H and O–H groups in total. The third kappa shape index (κ3) is 3.80. The third-order valence-corrected chi connectivity index (χ3v) is 8.85. The SMILES string of the molecule is CC1(C)CC(Cn2ccc3cc(C4CNNC4)ccc32)CN1S(=O)(=O)c1ccccc1. The Balaban J connectivity index is 1.37. The van der Waals surface area contributed by atoms with Crippen molar-refractivity contribution in [1.82, 2.24) is 19.7 Å². The molecule has 0 saturated carbocycles. The Morgan fingerprint density at radius 3 is 2.52 bits per heavy atom. The number of fused-ring (bicyclic) bond motifs is 1. The van der Waals surface area contributed by atoms with Crippen molar-refractivity contribution in [3.63, 3.8) is 0 Å². The lowest BCUT2D eigenvalue weighted by atomic mass is 9.97. The first-order valence-electron chi connectivity index (χ1n) is 11.0. The molecule has 2 aromatic carbocycles.